The van der Waals surface area contributed by atoms with Crippen molar-refractivity contribution in [3.05, 3.63) is 21.7 Å². The van der Waals surface area contributed by atoms with Gasteiger partial charge in [-0.05, 0) is 13.0 Å². The maximum absolute atomic E-state index is 10.9. The Morgan fingerprint density at radius 3 is 3.09 bits per heavy atom. The summed E-state index contributed by atoms with van der Waals surface area (Å²) in [6.07, 6.45) is 0.779. The fraction of sp³-hybridized carbons (Fsp3) is 0.500. The molecule has 1 aliphatic rings. The van der Waals surface area contributed by atoms with Crippen molar-refractivity contribution in [2.45, 2.75) is 13.0 Å². The molecule has 0 radical (unpaired) electrons. The van der Waals surface area contributed by atoms with Crippen molar-refractivity contribution in [2.24, 2.45) is 0 Å². The van der Waals surface area contributed by atoms with Gasteiger partial charge in [-0.1, -0.05) is 0 Å². The predicted molar refractivity (Wildman–Crippen MR) is 42.7 cm³/mol. The summed E-state index contributed by atoms with van der Waals surface area (Å²) >= 11 is 0. The van der Waals surface area contributed by atoms with E-state index in [9.17, 15) is 4.79 Å². The van der Waals surface area contributed by atoms with Crippen molar-refractivity contribution in [3.8, 4) is 0 Å². The third-order valence-electron chi connectivity index (χ3n) is 1.71. The van der Waals surface area contributed by atoms with E-state index in [0.717, 1.165) is 24.3 Å². The number of aromatic amines is 1. The molecular weight excluding hydrogens is 172 g/mol. The van der Waals surface area contributed by atoms with E-state index in [1.165, 1.54) is 0 Å². The third kappa shape index (κ3) is 1.69. The fourth-order valence-electron chi connectivity index (χ4n) is 1.17. The van der Waals surface area contributed by atoms with Crippen LogP contribution in [-0.2, 0) is 13.0 Å². The molecule has 0 atom stereocenters. The van der Waals surface area contributed by atoms with E-state index >= 15 is 0 Å². The second-order valence-corrected chi connectivity index (χ2v) is 2.36. The Bertz CT molecular complexity index is 299. The largest absolute Gasteiger partial charge is 2.00 e. The molecule has 1 aliphatic heterocycles. The first-order valence-corrected chi connectivity index (χ1v) is 3.28. The Morgan fingerprint density at radius 2 is 2.36 bits per heavy atom. The maximum atomic E-state index is 10.9. The fourth-order valence-corrected chi connectivity index (χ4v) is 1.17. The monoisotopic (exact) mass is 182 g/mol. The van der Waals surface area contributed by atoms with E-state index in [-0.39, 0.29) is 46.2 Å². The Balaban J connectivity index is 0. The molecule has 0 saturated carbocycles. The van der Waals surface area contributed by atoms with Crippen LogP contribution in [0.4, 0.5) is 0 Å². The molecule has 0 saturated heterocycles. The van der Waals surface area contributed by atoms with E-state index in [1.807, 2.05) is 0 Å². The quantitative estimate of drug-likeness (QED) is 0.530. The van der Waals surface area contributed by atoms with Gasteiger partial charge in [0.15, 0.2) is 5.76 Å². The molecule has 0 spiro atoms. The number of H-pyrrole nitrogens is 1. The molecule has 11 heavy (non-hydrogen) atoms. The summed E-state index contributed by atoms with van der Waals surface area (Å²) in [5, 5.41) is 5.41. The smallest absolute Gasteiger partial charge is 1.00 e. The van der Waals surface area contributed by atoms with Gasteiger partial charge in [-0.25, -0.2) is 0 Å². The molecule has 0 bridgehead atoms. The Hall–Kier alpha value is 0.230. The maximum Gasteiger partial charge on any atom is 2.00 e. The van der Waals surface area contributed by atoms with Crippen LogP contribution in [0.25, 0.3) is 0 Å². The predicted octanol–water partition coefficient (Wildman–Crippen LogP) is -0.542. The topological polar surface area (TPSA) is 58.0 Å². The molecule has 1 aromatic rings. The number of nitrogens with one attached hydrogen (secondary N) is 2. The van der Waals surface area contributed by atoms with E-state index in [4.69, 9.17) is 4.52 Å². The van der Waals surface area contributed by atoms with Crippen molar-refractivity contribution >= 4 is 37.7 Å². The summed E-state index contributed by atoms with van der Waals surface area (Å²) in [4.78, 5) is 10.9. The molecule has 58 valence electrons. The minimum atomic E-state index is -0.0727. The molecule has 5 heteroatoms. The average Bonchev–Trinajstić information content (AvgIpc) is 2.34. The summed E-state index contributed by atoms with van der Waals surface area (Å²) in [5.41, 5.74) is 0.732. The zero-order valence-electron chi connectivity index (χ0n) is 8.14. The van der Waals surface area contributed by atoms with Crippen LogP contribution in [0.15, 0.2) is 9.32 Å². The molecule has 0 unspecified atom stereocenters. The first kappa shape index (κ1) is 9.32. The Morgan fingerprint density at radius 1 is 1.55 bits per heavy atom. The Kier molecular flexibility index (Phi) is 3.18. The van der Waals surface area contributed by atoms with E-state index in [1.54, 1.807) is 0 Å². The summed E-state index contributed by atoms with van der Waals surface area (Å²) in [6, 6.07) is 0. The number of hydrogen-bond acceptors (Lipinski definition) is 3. The van der Waals surface area contributed by atoms with Crippen LogP contribution < -0.4 is 10.9 Å². The average molecular weight is 182 g/mol. The van der Waals surface area contributed by atoms with Crippen molar-refractivity contribution in [2.75, 3.05) is 6.54 Å². The second-order valence-electron chi connectivity index (χ2n) is 2.36. The van der Waals surface area contributed by atoms with Crippen LogP contribution in [0.2, 0.25) is 0 Å². The molecule has 0 aliphatic carbocycles. The van der Waals surface area contributed by atoms with Gasteiger partial charge in [0.05, 0.1) is 12.1 Å². The Labute approximate surface area is 96.3 Å². The van der Waals surface area contributed by atoms with E-state index in [0.29, 0.717) is 6.54 Å². The van der Waals surface area contributed by atoms with Crippen molar-refractivity contribution in [3.63, 3.8) is 0 Å². The molecule has 1 aromatic heterocycles. The zero-order valence-corrected chi connectivity index (χ0v) is 8.35. The number of hydrogen-bond donors (Lipinski definition) is 2. The molecule has 2 rings (SSSR count). The molecule has 2 heterocycles. The molecule has 4 nitrogen and oxygen atoms in total. The van der Waals surface area contributed by atoms with Crippen molar-refractivity contribution < 1.29 is 7.38 Å². The van der Waals surface area contributed by atoms with Gasteiger partial charge in [-0.2, -0.15) is 5.16 Å². The van der Waals surface area contributed by atoms with Gasteiger partial charge in [0, 0.05) is 0 Å². The number of fused-ring (bicyclic) bond motifs is 1. The van der Waals surface area contributed by atoms with Gasteiger partial charge < -0.3 is 12.7 Å². The van der Waals surface area contributed by atoms with E-state index < -0.39 is 0 Å². The summed E-state index contributed by atoms with van der Waals surface area (Å²) in [7, 11) is 0. The second kappa shape index (κ2) is 3.76. The number of aromatic nitrogens is 1. The van der Waals surface area contributed by atoms with Gasteiger partial charge in [-0.15, -0.1) is 0 Å². The van der Waals surface area contributed by atoms with Gasteiger partial charge in [0.2, 0.25) is 0 Å². The van der Waals surface area contributed by atoms with Crippen LogP contribution in [-0.4, -0.2) is 49.4 Å². The molecule has 0 aromatic carbocycles. The van der Waals surface area contributed by atoms with Gasteiger partial charge in [-0.3, -0.25) is 4.79 Å². The van der Waals surface area contributed by atoms with Crippen LogP contribution in [0.1, 0.15) is 14.2 Å². The van der Waals surface area contributed by atoms with Crippen molar-refractivity contribution in [1.82, 2.24) is 10.5 Å². The normalized spacial score (nSPS) is 15.3. The standard InChI is InChI=1S/C6H8N2O2.Ca.2H/c9-6-4-1-2-7-3-5(4)10-8-6;;;/h7H,1-3H2,(H,8,9);;;/q;+2;2*-1. The van der Waals surface area contributed by atoms with Crippen LogP contribution >= 0.6 is 0 Å². The molecular formula is C6H10CaN2O2. The summed E-state index contributed by atoms with van der Waals surface area (Å²) < 4.78 is 4.89. The van der Waals surface area contributed by atoms with Crippen molar-refractivity contribution in [1.29, 1.82) is 0 Å². The van der Waals surface area contributed by atoms with Gasteiger partial charge in [0.1, 0.15) is 0 Å². The van der Waals surface area contributed by atoms with Crippen LogP contribution in [0.3, 0.4) is 0 Å². The first-order chi connectivity index (χ1) is 4.88. The zero-order chi connectivity index (χ0) is 6.97. The van der Waals surface area contributed by atoms with Crippen LogP contribution in [0, 0.1) is 0 Å². The third-order valence-corrected chi connectivity index (χ3v) is 1.71. The first-order valence-electron chi connectivity index (χ1n) is 3.28. The SMILES string of the molecule is O=c1[nH]oc2c1CCNC2.[Ca+2].[H-].[H-]. The summed E-state index contributed by atoms with van der Waals surface area (Å²) in [5.74, 6) is 0.760. The minimum Gasteiger partial charge on any atom is -1.00 e. The van der Waals surface area contributed by atoms with Gasteiger partial charge >= 0.3 is 37.7 Å². The number of rotatable bonds is 0. The van der Waals surface area contributed by atoms with E-state index in [2.05, 4.69) is 10.5 Å². The molecule has 0 amide bonds. The van der Waals surface area contributed by atoms with Crippen LogP contribution in [0.5, 0.6) is 0 Å². The molecule has 0 fully saturated rings. The molecule has 2 N–H and O–H groups in total. The van der Waals surface area contributed by atoms with Gasteiger partial charge in [0.25, 0.3) is 5.56 Å². The minimum absolute atomic E-state index is 0. The summed E-state index contributed by atoms with van der Waals surface area (Å²) in [6.45, 7) is 1.55.